The highest BCUT2D eigenvalue weighted by molar-refractivity contribution is 6.67. The highest BCUT2D eigenvalue weighted by atomic mass is 35.5. The van der Waals surface area contributed by atoms with Gasteiger partial charge in [0.2, 0.25) is 0 Å². The van der Waals surface area contributed by atoms with E-state index < -0.39 is 5.24 Å². The predicted molar refractivity (Wildman–Crippen MR) is 105 cm³/mol. The maximum Gasteiger partial charge on any atom is 0.270 e. The number of amides is 1. The van der Waals surface area contributed by atoms with Gasteiger partial charge >= 0.3 is 0 Å². The summed E-state index contributed by atoms with van der Waals surface area (Å²) in [5.41, 5.74) is 5.46. The van der Waals surface area contributed by atoms with Crippen LogP contribution in [-0.4, -0.2) is 34.2 Å². The number of rotatable bonds is 3. The Balaban J connectivity index is 0. The zero-order valence-electron chi connectivity index (χ0n) is 13.8. The number of hydrogen-bond donors (Lipinski definition) is 2. The van der Waals surface area contributed by atoms with Gasteiger partial charge in [0, 0.05) is 12.4 Å². The number of halogens is 2. The lowest BCUT2D eigenvalue weighted by Crippen LogP contribution is -2.24. The lowest BCUT2D eigenvalue weighted by molar-refractivity contribution is 0.0953. The van der Waals surface area contributed by atoms with Gasteiger partial charge in [0.15, 0.2) is 0 Å². The Labute approximate surface area is 164 Å². The molecule has 0 saturated heterocycles. The molecule has 136 valence electrons. The summed E-state index contributed by atoms with van der Waals surface area (Å²) in [7, 11) is 0. The monoisotopic (exact) mass is 392 g/mol. The highest BCUT2D eigenvalue weighted by Crippen LogP contribution is 1.96. The third kappa shape index (κ3) is 12.5. The molecule has 8 heteroatoms. The van der Waals surface area contributed by atoms with Gasteiger partial charge in [0.25, 0.3) is 11.1 Å². The van der Waals surface area contributed by atoms with E-state index in [9.17, 15) is 9.59 Å². The van der Waals surface area contributed by atoms with Crippen molar-refractivity contribution in [3.63, 3.8) is 0 Å². The van der Waals surface area contributed by atoms with Gasteiger partial charge in [-0.25, -0.2) is 0 Å². The number of nitrogens with two attached hydrogens (primary N) is 1. The van der Waals surface area contributed by atoms with Crippen molar-refractivity contribution >= 4 is 35.2 Å². The van der Waals surface area contributed by atoms with Gasteiger partial charge < -0.3 is 11.1 Å². The van der Waals surface area contributed by atoms with Crippen LogP contribution in [0.3, 0.4) is 0 Å². The Morgan fingerprint density at radius 2 is 1.54 bits per heavy atom. The maximum absolute atomic E-state index is 11.1. The molecule has 0 aliphatic carbocycles. The van der Waals surface area contributed by atoms with Crippen LogP contribution in [0, 0.1) is 24.7 Å². The van der Waals surface area contributed by atoms with Crippen LogP contribution in [0.2, 0.25) is 0 Å². The third-order valence-corrected chi connectivity index (χ3v) is 2.43. The Bertz CT molecular complexity index is 726. The fraction of sp³-hybridized carbons (Fsp3) is 0.111. The van der Waals surface area contributed by atoms with Crippen LogP contribution < -0.4 is 11.1 Å². The molecule has 0 spiro atoms. The number of nitrogens with zero attached hydrogens (tertiary/aromatic N) is 2. The standard InChI is InChI=1S/C9H8N2O.C6H4ClNO.C3H5N.ClH/c1-2-6-11-9(12)8-5-3-4-7-10-8;7-6(9)5-3-1-2-4-8-5;1-2-3-4;/h1,3-5,7H,6H2,(H,11,12);1-4H;1H,3-4H2;1H. The van der Waals surface area contributed by atoms with E-state index in [1.165, 1.54) is 6.20 Å². The average Bonchev–Trinajstić information content (AvgIpc) is 2.68. The lowest BCUT2D eigenvalue weighted by Gasteiger charge is -1.98. The largest absolute Gasteiger partial charge is 0.340 e. The summed E-state index contributed by atoms with van der Waals surface area (Å²) >= 11 is 5.10. The predicted octanol–water partition coefficient (Wildman–Crippen LogP) is 1.91. The van der Waals surface area contributed by atoms with Crippen molar-refractivity contribution in [2.45, 2.75) is 0 Å². The van der Waals surface area contributed by atoms with Crippen molar-refractivity contribution in [1.29, 1.82) is 0 Å². The molecule has 0 fully saturated rings. The number of terminal acetylenes is 2. The van der Waals surface area contributed by atoms with Gasteiger partial charge in [-0.1, -0.05) is 24.0 Å². The molecule has 0 radical (unpaired) electrons. The molecule has 0 bridgehead atoms. The Kier molecular flexibility index (Phi) is 16.5. The SMILES string of the molecule is C#CCN.C#CCNC(=O)c1ccccn1.Cl.O=C(Cl)c1ccccn1. The summed E-state index contributed by atoms with van der Waals surface area (Å²) < 4.78 is 0. The van der Waals surface area contributed by atoms with E-state index in [1.807, 2.05) is 0 Å². The molecule has 2 heterocycles. The molecule has 2 aromatic rings. The summed E-state index contributed by atoms with van der Waals surface area (Å²) in [6, 6.07) is 10.1. The van der Waals surface area contributed by atoms with Crippen molar-refractivity contribution in [3.8, 4) is 24.7 Å². The third-order valence-electron chi connectivity index (χ3n) is 2.23. The summed E-state index contributed by atoms with van der Waals surface area (Å²) in [6.07, 6.45) is 12.7. The molecule has 0 unspecified atom stereocenters. The van der Waals surface area contributed by atoms with Crippen LogP contribution in [0.25, 0.3) is 0 Å². The normalized spacial score (nSPS) is 7.85. The lowest BCUT2D eigenvalue weighted by atomic mass is 10.3. The molecule has 2 aromatic heterocycles. The molecule has 3 N–H and O–H groups in total. The molecule has 0 aliphatic rings. The van der Waals surface area contributed by atoms with Crippen molar-refractivity contribution in [2.24, 2.45) is 5.73 Å². The van der Waals surface area contributed by atoms with Crippen LogP contribution in [0.4, 0.5) is 0 Å². The summed E-state index contributed by atoms with van der Waals surface area (Å²) in [5.74, 6) is 4.27. The number of aromatic nitrogens is 2. The minimum atomic E-state index is -0.518. The van der Waals surface area contributed by atoms with Crippen LogP contribution in [0.5, 0.6) is 0 Å². The zero-order chi connectivity index (χ0) is 18.9. The van der Waals surface area contributed by atoms with Crippen LogP contribution in [0.15, 0.2) is 48.8 Å². The molecule has 0 atom stereocenters. The molecule has 1 amide bonds. The summed E-state index contributed by atoms with van der Waals surface area (Å²) in [4.78, 5) is 29.0. The fourth-order valence-corrected chi connectivity index (χ4v) is 1.31. The Morgan fingerprint density at radius 3 is 1.85 bits per heavy atom. The molecule has 2 rings (SSSR count). The van der Waals surface area contributed by atoms with E-state index in [-0.39, 0.29) is 24.9 Å². The molecular formula is C18H18Cl2N4O2. The molecule has 6 nitrogen and oxygen atoms in total. The number of hydrogen-bond acceptors (Lipinski definition) is 5. The number of nitrogens with one attached hydrogen (secondary N) is 1. The van der Waals surface area contributed by atoms with Crippen LogP contribution in [-0.2, 0) is 0 Å². The Hall–Kier alpha value is -2.90. The maximum atomic E-state index is 11.1. The molecule has 0 aromatic carbocycles. The second-order valence-electron chi connectivity index (χ2n) is 4.00. The van der Waals surface area contributed by atoms with Crippen molar-refractivity contribution in [3.05, 3.63) is 60.2 Å². The van der Waals surface area contributed by atoms with Crippen molar-refractivity contribution < 1.29 is 9.59 Å². The molecular weight excluding hydrogens is 375 g/mol. The van der Waals surface area contributed by atoms with Gasteiger partial charge in [-0.05, 0) is 35.9 Å². The first-order valence-electron chi connectivity index (χ1n) is 6.93. The van der Waals surface area contributed by atoms with Crippen LogP contribution >= 0.6 is 24.0 Å². The Morgan fingerprint density at radius 1 is 1.04 bits per heavy atom. The number of carbonyl (C=O) groups is 2. The first-order chi connectivity index (χ1) is 12.1. The van der Waals surface area contributed by atoms with Gasteiger partial charge in [-0.15, -0.1) is 25.3 Å². The topological polar surface area (TPSA) is 98.0 Å². The van der Waals surface area contributed by atoms with Gasteiger partial charge in [0.1, 0.15) is 11.4 Å². The number of pyridine rings is 2. The van der Waals surface area contributed by atoms with E-state index in [2.05, 4.69) is 33.5 Å². The van der Waals surface area contributed by atoms with Gasteiger partial charge in [-0.2, -0.15) is 0 Å². The second-order valence-corrected chi connectivity index (χ2v) is 4.34. The summed E-state index contributed by atoms with van der Waals surface area (Å²) in [5, 5.41) is 1.99. The smallest absolute Gasteiger partial charge is 0.270 e. The second kappa shape index (κ2) is 16.9. The minimum Gasteiger partial charge on any atom is -0.340 e. The van der Waals surface area contributed by atoms with E-state index in [0.29, 0.717) is 17.9 Å². The highest BCUT2D eigenvalue weighted by Gasteiger charge is 2.02. The van der Waals surface area contributed by atoms with E-state index >= 15 is 0 Å². The quantitative estimate of drug-likeness (QED) is 0.613. The first-order valence-corrected chi connectivity index (χ1v) is 7.31. The van der Waals surface area contributed by atoms with Crippen molar-refractivity contribution in [1.82, 2.24) is 15.3 Å². The van der Waals surface area contributed by atoms with Crippen LogP contribution in [0.1, 0.15) is 21.0 Å². The summed E-state index contributed by atoms with van der Waals surface area (Å²) in [6.45, 7) is 0.579. The zero-order valence-corrected chi connectivity index (χ0v) is 15.3. The number of carbonyl (C=O) groups excluding carboxylic acids is 2. The van der Waals surface area contributed by atoms with Gasteiger partial charge in [0.05, 0.1) is 13.1 Å². The average molecular weight is 393 g/mol. The molecule has 0 aliphatic heterocycles. The van der Waals surface area contributed by atoms with Gasteiger partial charge in [-0.3, -0.25) is 19.6 Å². The van der Waals surface area contributed by atoms with Crippen molar-refractivity contribution in [2.75, 3.05) is 13.1 Å². The fourth-order valence-electron chi connectivity index (χ4n) is 1.20. The first kappa shape index (κ1) is 25.3. The van der Waals surface area contributed by atoms with E-state index in [4.69, 9.17) is 23.8 Å². The van der Waals surface area contributed by atoms with E-state index in [0.717, 1.165) is 0 Å². The van der Waals surface area contributed by atoms with E-state index in [1.54, 1.807) is 42.6 Å². The minimum absolute atomic E-state index is 0. The molecule has 26 heavy (non-hydrogen) atoms. The molecule has 0 saturated carbocycles.